The largest absolute Gasteiger partial charge is 0.411 e. The summed E-state index contributed by atoms with van der Waals surface area (Å²) in [5.41, 5.74) is 4.07. The number of rotatable bonds is 4. The molecule has 1 N–H and O–H groups in total. The van der Waals surface area contributed by atoms with Gasteiger partial charge >= 0.3 is 0 Å². The number of pyridine rings is 1. The molecule has 0 saturated heterocycles. The number of aromatic nitrogens is 5. The highest BCUT2D eigenvalue weighted by molar-refractivity contribution is 7.98. The summed E-state index contributed by atoms with van der Waals surface area (Å²) in [5, 5.41) is 9.74. The van der Waals surface area contributed by atoms with Gasteiger partial charge in [0.25, 0.3) is 16.7 Å². The fraction of sp³-hybridized carbons (Fsp3) is 0.100. The van der Waals surface area contributed by atoms with Crippen LogP contribution >= 0.6 is 11.8 Å². The van der Waals surface area contributed by atoms with Crippen molar-refractivity contribution in [2.75, 3.05) is 0 Å². The average molecular weight is 389 g/mol. The second kappa shape index (κ2) is 6.65. The van der Waals surface area contributed by atoms with Crippen LogP contribution in [0.1, 0.15) is 11.3 Å². The average Bonchev–Trinajstić information content (AvgIpc) is 3.34. The Morgan fingerprint density at radius 1 is 1.18 bits per heavy atom. The van der Waals surface area contributed by atoms with Gasteiger partial charge < -0.3 is 9.40 Å². The van der Waals surface area contributed by atoms with Crippen molar-refractivity contribution in [2.24, 2.45) is 0 Å². The van der Waals surface area contributed by atoms with Crippen LogP contribution in [0.3, 0.4) is 0 Å². The maximum absolute atomic E-state index is 12.3. The zero-order chi connectivity index (χ0) is 19.1. The van der Waals surface area contributed by atoms with Crippen molar-refractivity contribution in [3.63, 3.8) is 0 Å². The van der Waals surface area contributed by atoms with Crippen LogP contribution in [0.25, 0.3) is 28.0 Å². The Morgan fingerprint density at radius 3 is 3.00 bits per heavy atom. The molecule has 4 heterocycles. The third-order valence-electron chi connectivity index (χ3n) is 4.51. The van der Waals surface area contributed by atoms with Crippen molar-refractivity contribution in [1.29, 1.82) is 0 Å². The lowest BCUT2D eigenvalue weighted by atomic mass is 10.2. The standard InChI is InChI=1S/C20H15N5O2S/c1-12-5-4-8-25-17(26)9-13(22-18(12)25)11-28-20-24-23-19(27-20)15-10-21-16-7-3-2-6-14(15)16/h2-10,21H,11H2,1H3. The van der Waals surface area contributed by atoms with E-state index in [9.17, 15) is 4.79 Å². The summed E-state index contributed by atoms with van der Waals surface area (Å²) in [6, 6.07) is 13.3. The minimum atomic E-state index is -0.102. The molecule has 0 unspecified atom stereocenters. The molecule has 0 spiro atoms. The second-order valence-electron chi connectivity index (χ2n) is 6.38. The maximum atomic E-state index is 12.3. The molecule has 0 aliphatic rings. The number of fused-ring (bicyclic) bond motifs is 2. The lowest BCUT2D eigenvalue weighted by Crippen LogP contribution is -2.15. The lowest BCUT2D eigenvalue weighted by Gasteiger charge is -2.05. The van der Waals surface area contributed by atoms with Crippen LogP contribution in [0.5, 0.6) is 0 Å². The third-order valence-corrected chi connectivity index (χ3v) is 5.36. The molecule has 0 fully saturated rings. The topological polar surface area (TPSA) is 89.1 Å². The molecule has 0 amide bonds. The Balaban J connectivity index is 1.40. The first-order chi connectivity index (χ1) is 13.7. The Kier molecular flexibility index (Phi) is 3.98. The van der Waals surface area contributed by atoms with Gasteiger partial charge in [0.2, 0.25) is 0 Å². The molecular weight excluding hydrogens is 374 g/mol. The Hall–Kier alpha value is -3.39. The first kappa shape index (κ1) is 16.8. The van der Waals surface area contributed by atoms with Gasteiger partial charge in [0.05, 0.1) is 11.3 Å². The van der Waals surface area contributed by atoms with E-state index in [0.717, 1.165) is 22.0 Å². The lowest BCUT2D eigenvalue weighted by molar-refractivity contribution is 0.466. The van der Waals surface area contributed by atoms with Crippen LogP contribution in [0, 0.1) is 6.92 Å². The summed E-state index contributed by atoms with van der Waals surface area (Å²) in [6.07, 6.45) is 3.58. The predicted molar refractivity (Wildman–Crippen MR) is 107 cm³/mol. The molecule has 28 heavy (non-hydrogen) atoms. The minimum Gasteiger partial charge on any atom is -0.411 e. The smallest absolute Gasteiger partial charge is 0.277 e. The van der Waals surface area contributed by atoms with Gasteiger partial charge in [-0.05, 0) is 24.6 Å². The summed E-state index contributed by atoms with van der Waals surface area (Å²) >= 11 is 1.36. The molecule has 0 radical (unpaired) electrons. The van der Waals surface area contributed by atoms with Gasteiger partial charge in [0, 0.05) is 35.1 Å². The van der Waals surface area contributed by atoms with E-state index in [-0.39, 0.29) is 5.56 Å². The Morgan fingerprint density at radius 2 is 2.07 bits per heavy atom. The van der Waals surface area contributed by atoms with Crippen molar-refractivity contribution < 1.29 is 4.42 Å². The van der Waals surface area contributed by atoms with Crippen molar-refractivity contribution >= 4 is 28.3 Å². The number of H-pyrrole nitrogens is 1. The molecule has 138 valence electrons. The molecule has 4 aromatic heterocycles. The van der Waals surface area contributed by atoms with Crippen LogP contribution in [0.4, 0.5) is 0 Å². The van der Waals surface area contributed by atoms with E-state index in [2.05, 4.69) is 20.2 Å². The summed E-state index contributed by atoms with van der Waals surface area (Å²) in [7, 11) is 0. The van der Waals surface area contributed by atoms with Crippen molar-refractivity contribution in [2.45, 2.75) is 17.9 Å². The normalized spacial score (nSPS) is 11.5. The third kappa shape index (κ3) is 2.87. The van der Waals surface area contributed by atoms with Gasteiger partial charge in [-0.2, -0.15) is 0 Å². The molecule has 0 aliphatic heterocycles. The number of thioether (sulfide) groups is 1. The fourth-order valence-corrected chi connectivity index (χ4v) is 3.80. The van der Waals surface area contributed by atoms with Crippen molar-refractivity contribution in [3.05, 3.63) is 76.5 Å². The fourth-order valence-electron chi connectivity index (χ4n) is 3.14. The monoisotopic (exact) mass is 389 g/mol. The van der Waals surface area contributed by atoms with Crippen molar-refractivity contribution in [3.8, 4) is 11.5 Å². The molecule has 0 bridgehead atoms. The number of nitrogens with zero attached hydrogens (tertiary/aromatic N) is 4. The van der Waals surface area contributed by atoms with Gasteiger partial charge in [-0.3, -0.25) is 9.20 Å². The highest BCUT2D eigenvalue weighted by Crippen LogP contribution is 2.30. The van der Waals surface area contributed by atoms with Crippen molar-refractivity contribution in [1.82, 2.24) is 24.6 Å². The molecule has 1 aromatic carbocycles. The van der Waals surface area contributed by atoms with Gasteiger partial charge in [-0.1, -0.05) is 36.0 Å². The Bertz CT molecular complexity index is 1370. The molecule has 0 saturated carbocycles. The number of aromatic amines is 1. The predicted octanol–water partition coefficient (Wildman–Crippen LogP) is 3.83. The van der Waals surface area contributed by atoms with Crippen LogP contribution in [0.15, 0.2) is 69.3 Å². The summed E-state index contributed by atoms with van der Waals surface area (Å²) in [4.78, 5) is 20.1. The maximum Gasteiger partial charge on any atom is 0.277 e. The van der Waals surface area contributed by atoms with Gasteiger partial charge in [0.1, 0.15) is 5.65 Å². The van der Waals surface area contributed by atoms with Crippen LogP contribution in [-0.2, 0) is 5.75 Å². The molecule has 5 rings (SSSR count). The molecule has 8 heteroatoms. The number of aryl methyl sites for hydroxylation is 1. The zero-order valence-corrected chi connectivity index (χ0v) is 15.7. The van der Waals surface area contributed by atoms with Crippen LogP contribution < -0.4 is 5.56 Å². The summed E-state index contributed by atoms with van der Waals surface area (Å²) in [6.45, 7) is 1.93. The number of nitrogens with one attached hydrogen (secondary N) is 1. The molecule has 7 nitrogen and oxygen atoms in total. The quantitative estimate of drug-likeness (QED) is 0.470. The van der Waals surface area contributed by atoms with Crippen LogP contribution in [-0.4, -0.2) is 24.6 Å². The van der Waals surface area contributed by atoms with Crippen LogP contribution in [0.2, 0.25) is 0 Å². The highest BCUT2D eigenvalue weighted by atomic mass is 32.2. The van der Waals surface area contributed by atoms with Gasteiger partial charge in [0.15, 0.2) is 0 Å². The van der Waals surface area contributed by atoms with E-state index in [1.165, 1.54) is 17.8 Å². The van der Waals surface area contributed by atoms with Gasteiger partial charge in [-0.25, -0.2) is 4.98 Å². The van der Waals surface area contributed by atoms with E-state index in [4.69, 9.17) is 4.42 Å². The SMILES string of the molecule is Cc1cccn2c(=O)cc(CSc3nnc(-c4c[nH]c5ccccc45)o3)nc12. The van der Waals surface area contributed by atoms with E-state index < -0.39 is 0 Å². The number of hydrogen-bond acceptors (Lipinski definition) is 6. The van der Waals surface area contributed by atoms with E-state index >= 15 is 0 Å². The second-order valence-corrected chi connectivity index (χ2v) is 7.31. The Labute approximate surface area is 163 Å². The number of hydrogen-bond donors (Lipinski definition) is 1. The zero-order valence-electron chi connectivity index (χ0n) is 14.9. The number of benzene rings is 1. The minimum absolute atomic E-state index is 0.102. The molecule has 5 aromatic rings. The molecular formula is C20H15N5O2S. The van der Waals surface area contributed by atoms with E-state index in [1.807, 2.05) is 49.5 Å². The summed E-state index contributed by atoms with van der Waals surface area (Å²) < 4.78 is 7.36. The van der Waals surface area contributed by atoms with Gasteiger partial charge in [-0.15, -0.1) is 10.2 Å². The summed E-state index contributed by atoms with van der Waals surface area (Å²) in [5.74, 6) is 0.928. The molecule has 0 aliphatic carbocycles. The first-order valence-corrected chi connectivity index (χ1v) is 9.68. The van der Waals surface area contributed by atoms with E-state index in [0.29, 0.717) is 28.2 Å². The number of para-hydroxylation sites is 1. The molecule has 0 atom stereocenters. The first-order valence-electron chi connectivity index (χ1n) is 8.70. The van der Waals surface area contributed by atoms with E-state index in [1.54, 1.807) is 10.6 Å². The highest BCUT2D eigenvalue weighted by Gasteiger charge is 2.14.